The third-order valence-electron chi connectivity index (χ3n) is 4.59. The smallest absolute Gasteiger partial charge is 0.227 e. The van der Waals surface area contributed by atoms with E-state index in [1.54, 1.807) is 0 Å². The van der Waals surface area contributed by atoms with E-state index in [-0.39, 0.29) is 11.8 Å². The van der Waals surface area contributed by atoms with Crippen LogP contribution in [0.2, 0.25) is 0 Å². The van der Waals surface area contributed by atoms with Gasteiger partial charge in [-0.1, -0.05) is 25.5 Å². The Balaban J connectivity index is 1.52. The largest absolute Gasteiger partial charge is 0.326 e. The molecule has 3 heteroatoms. The van der Waals surface area contributed by atoms with Gasteiger partial charge in [-0.2, -0.15) is 0 Å². The van der Waals surface area contributed by atoms with Crippen molar-refractivity contribution >= 4 is 11.6 Å². The zero-order chi connectivity index (χ0) is 13.9. The summed E-state index contributed by atoms with van der Waals surface area (Å²) in [7, 11) is 0. The van der Waals surface area contributed by atoms with E-state index in [1.165, 1.54) is 31.2 Å². The van der Waals surface area contributed by atoms with Gasteiger partial charge >= 0.3 is 0 Å². The van der Waals surface area contributed by atoms with Crippen LogP contribution in [0, 0.1) is 11.8 Å². The SMILES string of the molecule is CC1CCCC1C(=O)Nc1ccc(CNC2CC2)cc1. The molecule has 1 aromatic carbocycles. The van der Waals surface area contributed by atoms with Gasteiger partial charge in [-0.15, -0.1) is 0 Å². The lowest BCUT2D eigenvalue weighted by Gasteiger charge is -2.15. The molecule has 2 N–H and O–H groups in total. The van der Waals surface area contributed by atoms with Crippen LogP contribution in [0.3, 0.4) is 0 Å². The molecule has 0 radical (unpaired) electrons. The normalized spacial score (nSPS) is 25.6. The molecule has 2 unspecified atom stereocenters. The number of benzene rings is 1. The molecule has 1 aromatic rings. The van der Waals surface area contributed by atoms with Crippen LogP contribution in [0.1, 0.15) is 44.6 Å². The summed E-state index contributed by atoms with van der Waals surface area (Å²) >= 11 is 0. The topological polar surface area (TPSA) is 41.1 Å². The predicted octanol–water partition coefficient (Wildman–Crippen LogP) is 3.31. The molecule has 108 valence electrons. The predicted molar refractivity (Wildman–Crippen MR) is 81.4 cm³/mol. The number of rotatable bonds is 5. The molecule has 0 bridgehead atoms. The molecule has 2 saturated carbocycles. The van der Waals surface area contributed by atoms with Crippen LogP contribution in [0.25, 0.3) is 0 Å². The fraction of sp³-hybridized carbons (Fsp3) is 0.588. The maximum atomic E-state index is 12.2. The van der Waals surface area contributed by atoms with E-state index in [0.29, 0.717) is 5.92 Å². The molecule has 3 nitrogen and oxygen atoms in total. The second-order valence-electron chi connectivity index (χ2n) is 6.36. The minimum atomic E-state index is 0.193. The molecule has 1 amide bonds. The first kappa shape index (κ1) is 13.6. The zero-order valence-corrected chi connectivity index (χ0v) is 12.2. The van der Waals surface area contributed by atoms with Crippen LogP contribution < -0.4 is 10.6 Å². The minimum absolute atomic E-state index is 0.193. The van der Waals surface area contributed by atoms with Gasteiger partial charge in [0.15, 0.2) is 0 Å². The summed E-state index contributed by atoms with van der Waals surface area (Å²) < 4.78 is 0. The van der Waals surface area contributed by atoms with Crippen molar-refractivity contribution < 1.29 is 4.79 Å². The van der Waals surface area contributed by atoms with Crippen molar-refractivity contribution in [3.63, 3.8) is 0 Å². The average Bonchev–Trinajstić information content (AvgIpc) is 3.18. The van der Waals surface area contributed by atoms with Crippen molar-refractivity contribution in [3.8, 4) is 0 Å². The van der Waals surface area contributed by atoms with E-state index < -0.39 is 0 Å². The molecule has 0 aliphatic heterocycles. The van der Waals surface area contributed by atoms with Crippen molar-refractivity contribution in [2.45, 2.75) is 51.6 Å². The van der Waals surface area contributed by atoms with Crippen molar-refractivity contribution in [3.05, 3.63) is 29.8 Å². The highest BCUT2D eigenvalue weighted by molar-refractivity contribution is 5.92. The Morgan fingerprint density at radius 1 is 1.15 bits per heavy atom. The molecule has 0 heterocycles. The van der Waals surface area contributed by atoms with Crippen LogP contribution in [-0.4, -0.2) is 11.9 Å². The van der Waals surface area contributed by atoms with Crippen LogP contribution in [0.15, 0.2) is 24.3 Å². The number of amides is 1. The summed E-state index contributed by atoms with van der Waals surface area (Å²) in [4.78, 5) is 12.2. The van der Waals surface area contributed by atoms with Gasteiger partial charge in [0, 0.05) is 24.2 Å². The first-order valence-electron chi connectivity index (χ1n) is 7.85. The van der Waals surface area contributed by atoms with Crippen LogP contribution in [0.5, 0.6) is 0 Å². The lowest BCUT2D eigenvalue weighted by molar-refractivity contribution is -0.120. The van der Waals surface area contributed by atoms with E-state index in [4.69, 9.17) is 0 Å². The van der Waals surface area contributed by atoms with Gasteiger partial charge in [-0.3, -0.25) is 4.79 Å². The first-order valence-corrected chi connectivity index (χ1v) is 7.85. The number of nitrogens with one attached hydrogen (secondary N) is 2. The van der Waals surface area contributed by atoms with Crippen molar-refractivity contribution in [2.24, 2.45) is 11.8 Å². The molecular formula is C17H24N2O. The summed E-state index contributed by atoms with van der Waals surface area (Å²) in [5.41, 5.74) is 2.20. The Morgan fingerprint density at radius 2 is 1.90 bits per heavy atom. The maximum absolute atomic E-state index is 12.2. The summed E-state index contributed by atoms with van der Waals surface area (Å²) in [5, 5.41) is 6.56. The van der Waals surface area contributed by atoms with Crippen LogP contribution in [0.4, 0.5) is 5.69 Å². The summed E-state index contributed by atoms with van der Waals surface area (Å²) in [6.07, 6.45) is 6.03. The number of anilines is 1. The monoisotopic (exact) mass is 272 g/mol. The molecule has 2 fully saturated rings. The van der Waals surface area contributed by atoms with Crippen molar-refractivity contribution in [1.82, 2.24) is 5.32 Å². The number of carbonyl (C=O) groups excluding carboxylic acids is 1. The van der Waals surface area contributed by atoms with Gasteiger partial charge in [-0.05, 0) is 49.3 Å². The van der Waals surface area contributed by atoms with Gasteiger partial charge in [0.05, 0.1) is 0 Å². The number of hydrogen-bond donors (Lipinski definition) is 2. The molecule has 0 aromatic heterocycles. The summed E-state index contributed by atoms with van der Waals surface area (Å²) in [6.45, 7) is 3.11. The van der Waals surface area contributed by atoms with E-state index in [2.05, 4.69) is 29.7 Å². The fourth-order valence-electron chi connectivity index (χ4n) is 3.03. The first-order chi connectivity index (χ1) is 9.72. The quantitative estimate of drug-likeness (QED) is 0.863. The van der Waals surface area contributed by atoms with Crippen LogP contribution >= 0.6 is 0 Å². The Hall–Kier alpha value is -1.35. The molecule has 2 aliphatic rings. The lowest BCUT2D eigenvalue weighted by Crippen LogP contribution is -2.24. The van der Waals surface area contributed by atoms with Crippen molar-refractivity contribution in [1.29, 1.82) is 0 Å². The Bertz CT molecular complexity index is 464. The Kier molecular flexibility index (Phi) is 4.06. The molecular weight excluding hydrogens is 248 g/mol. The van der Waals surface area contributed by atoms with Crippen LogP contribution in [-0.2, 0) is 11.3 Å². The van der Waals surface area contributed by atoms with Gasteiger partial charge in [0.2, 0.25) is 5.91 Å². The second kappa shape index (κ2) is 5.96. The molecule has 0 spiro atoms. The maximum Gasteiger partial charge on any atom is 0.227 e. The van der Waals surface area contributed by atoms with Gasteiger partial charge in [-0.25, -0.2) is 0 Å². The van der Waals surface area contributed by atoms with E-state index in [0.717, 1.165) is 24.7 Å². The van der Waals surface area contributed by atoms with Gasteiger partial charge < -0.3 is 10.6 Å². The van der Waals surface area contributed by atoms with E-state index in [1.807, 2.05) is 12.1 Å². The third-order valence-corrected chi connectivity index (χ3v) is 4.59. The molecule has 3 rings (SSSR count). The molecule has 2 atom stereocenters. The second-order valence-corrected chi connectivity index (χ2v) is 6.36. The highest BCUT2D eigenvalue weighted by Crippen LogP contribution is 2.32. The van der Waals surface area contributed by atoms with Crippen molar-refractivity contribution in [2.75, 3.05) is 5.32 Å². The highest BCUT2D eigenvalue weighted by Gasteiger charge is 2.29. The molecule has 20 heavy (non-hydrogen) atoms. The average molecular weight is 272 g/mol. The fourth-order valence-corrected chi connectivity index (χ4v) is 3.03. The standard InChI is InChI=1S/C17H24N2O/c1-12-3-2-4-16(12)17(20)19-15-7-5-13(6-8-15)11-18-14-9-10-14/h5-8,12,14,16,18H,2-4,9-11H2,1H3,(H,19,20). The Labute approximate surface area is 121 Å². The summed E-state index contributed by atoms with van der Waals surface area (Å²) in [5.74, 6) is 0.919. The minimum Gasteiger partial charge on any atom is -0.326 e. The highest BCUT2D eigenvalue weighted by atomic mass is 16.1. The van der Waals surface area contributed by atoms with Gasteiger partial charge in [0.25, 0.3) is 0 Å². The zero-order valence-electron chi connectivity index (χ0n) is 12.2. The summed E-state index contributed by atoms with van der Waals surface area (Å²) in [6, 6.07) is 8.97. The van der Waals surface area contributed by atoms with E-state index >= 15 is 0 Å². The number of carbonyl (C=O) groups is 1. The molecule has 0 saturated heterocycles. The third kappa shape index (κ3) is 3.40. The van der Waals surface area contributed by atoms with Gasteiger partial charge in [0.1, 0.15) is 0 Å². The lowest BCUT2D eigenvalue weighted by atomic mass is 9.97. The Morgan fingerprint density at radius 3 is 2.50 bits per heavy atom. The molecule has 2 aliphatic carbocycles. The number of hydrogen-bond acceptors (Lipinski definition) is 2. The van der Waals surface area contributed by atoms with E-state index in [9.17, 15) is 4.79 Å².